The lowest BCUT2D eigenvalue weighted by molar-refractivity contribution is 0.0636. The third-order valence-corrected chi connectivity index (χ3v) is 6.06. The van der Waals surface area contributed by atoms with E-state index in [1.807, 2.05) is 45.9 Å². The Morgan fingerprint density at radius 2 is 1.84 bits per heavy atom. The second-order valence-electron chi connectivity index (χ2n) is 9.93. The summed E-state index contributed by atoms with van der Waals surface area (Å²) in [5.74, 6) is 1.21. The molecule has 1 aromatic heterocycles. The number of hydrogen-bond acceptors (Lipinski definition) is 5. The van der Waals surface area contributed by atoms with E-state index in [-0.39, 0.29) is 23.5 Å². The number of carbonyl (C=O) groups is 1. The molecule has 0 saturated heterocycles. The van der Waals surface area contributed by atoms with E-state index < -0.39 is 17.3 Å². The zero-order valence-corrected chi connectivity index (χ0v) is 18.6. The van der Waals surface area contributed by atoms with Crippen LogP contribution in [0.3, 0.4) is 0 Å². The van der Waals surface area contributed by atoms with Crippen molar-refractivity contribution in [3.05, 3.63) is 57.6 Å². The molecular weight excluding hydrogens is 394 g/mol. The van der Waals surface area contributed by atoms with Gasteiger partial charge in [0, 0.05) is 23.6 Å². The largest absolute Gasteiger partial charge is 0.507 e. The predicted molar refractivity (Wildman–Crippen MR) is 119 cm³/mol. The molecule has 1 amide bonds. The Hall–Kier alpha value is -2.76. The van der Waals surface area contributed by atoms with Gasteiger partial charge >= 0.3 is 11.7 Å². The minimum atomic E-state index is -0.595. The van der Waals surface area contributed by atoms with Gasteiger partial charge in [-0.2, -0.15) is 0 Å². The lowest BCUT2D eigenvalue weighted by Gasteiger charge is -2.21. The standard InChI is InChI=1S/C25H31NO5/c1-14(15-8-9-15)20-13-19(27)22(23(28)30-20)21(16-10-11-16)17-6-5-7-18(12-17)26-24(29)31-25(2,3)4/h5-7,12-16,21,27H,8-11H2,1-4H3,(H,26,29). The third kappa shape index (κ3) is 5.12. The van der Waals surface area contributed by atoms with E-state index in [9.17, 15) is 14.7 Å². The molecule has 0 spiro atoms. The van der Waals surface area contributed by atoms with Crippen LogP contribution in [0.4, 0.5) is 10.5 Å². The fourth-order valence-electron chi connectivity index (χ4n) is 4.18. The number of amides is 1. The van der Waals surface area contributed by atoms with Gasteiger partial charge in [0.25, 0.3) is 0 Å². The Kier molecular flexibility index (Phi) is 5.58. The van der Waals surface area contributed by atoms with Crippen molar-refractivity contribution in [1.82, 2.24) is 0 Å². The summed E-state index contributed by atoms with van der Waals surface area (Å²) in [4.78, 5) is 25.1. The van der Waals surface area contributed by atoms with Gasteiger partial charge in [-0.05, 0) is 76.0 Å². The van der Waals surface area contributed by atoms with E-state index in [4.69, 9.17) is 9.15 Å². The molecule has 4 rings (SSSR count). The van der Waals surface area contributed by atoms with Crippen molar-refractivity contribution < 1.29 is 19.1 Å². The number of aromatic hydroxyl groups is 1. The number of hydrogen-bond donors (Lipinski definition) is 2. The minimum Gasteiger partial charge on any atom is -0.507 e. The first-order valence-corrected chi connectivity index (χ1v) is 11.1. The quantitative estimate of drug-likeness (QED) is 0.615. The summed E-state index contributed by atoms with van der Waals surface area (Å²) >= 11 is 0. The summed E-state index contributed by atoms with van der Waals surface area (Å²) in [6.45, 7) is 7.46. The maximum atomic E-state index is 13.0. The highest BCUT2D eigenvalue weighted by Crippen LogP contribution is 2.49. The first-order chi connectivity index (χ1) is 14.6. The van der Waals surface area contributed by atoms with E-state index in [2.05, 4.69) is 5.32 Å². The van der Waals surface area contributed by atoms with E-state index in [0.29, 0.717) is 22.9 Å². The van der Waals surface area contributed by atoms with Crippen LogP contribution in [-0.4, -0.2) is 16.8 Å². The van der Waals surface area contributed by atoms with Crippen molar-refractivity contribution in [2.75, 3.05) is 5.32 Å². The van der Waals surface area contributed by atoms with Crippen molar-refractivity contribution in [2.45, 2.75) is 70.8 Å². The second-order valence-corrected chi connectivity index (χ2v) is 9.93. The van der Waals surface area contributed by atoms with Gasteiger partial charge in [-0.3, -0.25) is 5.32 Å². The first kappa shape index (κ1) is 21.5. The molecule has 2 unspecified atom stereocenters. The summed E-state index contributed by atoms with van der Waals surface area (Å²) in [7, 11) is 0. The summed E-state index contributed by atoms with van der Waals surface area (Å²) in [5.41, 5.74) is 0.693. The smallest absolute Gasteiger partial charge is 0.412 e. The van der Waals surface area contributed by atoms with Gasteiger partial charge in [-0.15, -0.1) is 0 Å². The molecule has 1 aromatic carbocycles. The van der Waals surface area contributed by atoms with Gasteiger partial charge in [-0.25, -0.2) is 9.59 Å². The molecule has 2 aliphatic rings. The highest BCUT2D eigenvalue weighted by molar-refractivity contribution is 5.85. The monoisotopic (exact) mass is 425 g/mol. The fourth-order valence-corrected chi connectivity index (χ4v) is 4.18. The Labute approximate surface area is 182 Å². The lowest BCUT2D eigenvalue weighted by Crippen LogP contribution is -2.27. The van der Waals surface area contributed by atoms with Crippen molar-refractivity contribution in [1.29, 1.82) is 0 Å². The summed E-state index contributed by atoms with van der Waals surface area (Å²) in [6.07, 6.45) is 3.69. The summed E-state index contributed by atoms with van der Waals surface area (Å²) in [5, 5.41) is 13.6. The summed E-state index contributed by atoms with van der Waals surface area (Å²) in [6, 6.07) is 8.99. The van der Waals surface area contributed by atoms with Gasteiger partial charge in [0.05, 0.1) is 5.56 Å². The lowest BCUT2D eigenvalue weighted by atomic mass is 9.87. The topological polar surface area (TPSA) is 88.8 Å². The third-order valence-electron chi connectivity index (χ3n) is 6.06. The fraction of sp³-hybridized carbons (Fsp3) is 0.520. The van der Waals surface area contributed by atoms with Crippen LogP contribution in [0.5, 0.6) is 5.75 Å². The maximum Gasteiger partial charge on any atom is 0.412 e. The van der Waals surface area contributed by atoms with Crippen molar-refractivity contribution in [3.63, 3.8) is 0 Å². The molecular formula is C25H31NO5. The average molecular weight is 426 g/mol. The average Bonchev–Trinajstić information content (AvgIpc) is 3.55. The van der Waals surface area contributed by atoms with Gasteiger partial charge in [0.15, 0.2) is 0 Å². The zero-order chi connectivity index (χ0) is 22.3. The van der Waals surface area contributed by atoms with Crippen LogP contribution in [0.1, 0.15) is 82.1 Å². The molecule has 6 heteroatoms. The summed E-state index contributed by atoms with van der Waals surface area (Å²) < 4.78 is 11.0. The Balaban J connectivity index is 1.63. The van der Waals surface area contributed by atoms with Crippen molar-refractivity contribution in [3.8, 4) is 5.75 Å². The predicted octanol–water partition coefficient (Wildman–Crippen LogP) is 5.75. The SMILES string of the molecule is CC(c1cc(O)c(C(c2cccc(NC(=O)OC(C)(C)C)c2)C2CC2)c(=O)o1)C1CC1. The molecule has 2 N–H and O–H groups in total. The molecule has 2 fully saturated rings. The Bertz CT molecular complexity index is 1030. The number of carbonyl (C=O) groups excluding carboxylic acids is 1. The molecule has 0 bridgehead atoms. The van der Waals surface area contributed by atoms with Gasteiger partial charge in [0.1, 0.15) is 17.1 Å². The number of rotatable bonds is 6. The van der Waals surface area contributed by atoms with E-state index in [1.54, 1.807) is 12.1 Å². The van der Waals surface area contributed by atoms with E-state index in [1.165, 1.54) is 0 Å². The van der Waals surface area contributed by atoms with E-state index >= 15 is 0 Å². The van der Waals surface area contributed by atoms with Crippen molar-refractivity contribution >= 4 is 11.8 Å². The van der Waals surface area contributed by atoms with Gasteiger partial charge in [-0.1, -0.05) is 19.1 Å². The molecule has 2 atom stereocenters. The number of benzene rings is 1. The molecule has 2 aliphatic carbocycles. The van der Waals surface area contributed by atoms with Crippen LogP contribution < -0.4 is 10.9 Å². The number of anilines is 1. The van der Waals surface area contributed by atoms with Crippen LogP contribution in [0.2, 0.25) is 0 Å². The Morgan fingerprint density at radius 1 is 1.16 bits per heavy atom. The Morgan fingerprint density at radius 3 is 2.42 bits per heavy atom. The second kappa shape index (κ2) is 8.06. The van der Waals surface area contributed by atoms with Crippen LogP contribution in [-0.2, 0) is 4.74 Å². The molecule has 0 aliphatic heterocycles. The molecule has 2 saturated carbocycles. The van der Waals surface area contributed by atoms with Crippen LogP contribution in [0, 0.1) is 11.8 Å². The molecule has 166 valence electrons. The van der Waals surface area contributed by atoms with Crippen LogP contribution in [0.15, 0.2) is 39.5 Å². The first-order valence-electron chi connectivity index (χ1n) is 11.1. The molecule has 6 nitrogen and oxygen atoms in total. The maximum absolute atomic E-state index is 13.0. The van der Waals surface area contributed by atoms with E-state index in [0.717, 1.165) is 31.2 Å². The number of ether oxygens (including phenoxy) is 1. The van der Waals surface area contributed by atoms with Crippen LogP contribution in [0.25, 0.3) is 0 Å². The molecule has 2 aromatic rings. The zero-order valence-electron chi connectivity index (χ0n) is 18.6. The van der Waals surface area contributed by atoms with Crippen LogP contribution >= 0.6 is 0 Å². The van der Waals surface area contributed by atoms with Gasteiger partial charge in [0.2, 0.25) is 0 Å². The highest BCUT2D eigenvalue weighted by atomic mass is 16.6. The van der Waals surface area contributed by atoms with Crippen molar-refractivity contribution in [2.24, 2.45) is 11.8 Å². The molecule has 1 heterocycles. The normalized spacial score (nSPS) is 18.3. The number of nitrogens with one attached hydrogen (secondary N) is 1. The molecule has 31 heavy (non-hydrogen) atoms. The highest BCUT2D eigenvalue weighted by Gasteiger charge is 2.38. The molecule has 0 radical (unpaired) electrons. The minimum absolute atomic E-state index is 0.00107. The van der Waals surface area contributed by atoms with Gasteiger partial charge < -0.3 is 14.3 Å².